The number of hydrogen-bond donors (Lipinski definition) is 1. The van der Waals surface area contributed by atoms with Crippen LogP contribution < -0.4 is 17.0 Å². The summed E-state index contributed by atoms with van der Waals surface area (Å²) in [7, 11) is 2.81. The molecule has 0 radical (unpaired) electrons. The lowest BCUT2D eigenvalue weighted by Gasteiger charge is -2.10. The van der Waals surface area contributed by atoms with Crippen LogP contribution in [-0.2, 0) is 23.0 Å². The van der Waals surface area contributed by atoms with Crippen molar-refractivity contribution in [2.75, 3.05) is 7.11 Å². The van der Waals surface area contributed by atoms with Gasteiger partial charge in [0.1, 0.15) is 11.9 Å². The first-order valence-corrected chi connectivity index (χ1v) is 6.51. The average molecular weight is 304 g/mol. The number of nitrogens with two attached hydrogens (primary N) is 1. The van der Waals surface area contributed by atoms with Crippen LogP contribution in [0.1, 0.15) is 5.56 Å². The molecule has 8 heteroatoms. The Balaban J connectivity index is 2.31. The summed E-state index contributed by atoms with van der Waals surface area (Å²) in [6, 6.07) is 3.68. The normalized spacial score (nSPS) is 12.0. The molecule has 0 aromatic carbocycles. The highest BCUT2D eigenvalue weighted by Crippen LogP contribution is 2.05. The van der Waals surface area contributed by atoms with Gasteiger partial charge in [0.05, 0.1) is 7.11 Å². The maximum atomic E-state index is 12.0. The van der Waals surface area contributed by atoms with E-state index in [0.717, 1.165) is 4.57 Å². The minimum atomic E-state index is -0.787. The fraction of sp³-hybridized carbons (Fsp3) is 0.286. The molecule has 22 heavy (non-hydrogen) atoms. The van der Waals surface area contributed by atoms with E-state index in [1.807, 2.05) is 0 Å². The minimum absolute atomic E-state index is 0.210. The van der Waals surface area contributed by atoms with Crippen LogP contribution in [0.5, 0.6) is 0 Å². The number of aryl methyl sites for hydroxylation is 1. The smallest absolute Gasteiger partial charge is 0.336 e. The molecule has 0 aliphatic heterocycles. The number of nitrogens with zero attached hydrogens (tertiary/aromatic N) is 3. The summed E-state index contributed by atoms with van der Waals surface area (Å²) in [5.74, 6) is -0.307. The van der Waals surface area contributed by atoms with Gasteiger partial charge in [0.15, 0.2) is 0 Å². The first kappa shape index (κ1) is 15.6. The molecule has 2 N–H and O–H groups in total. The quantitative estimate of drug-likeness (QED) is 0.724. The van der Waals surface area contributed by atoms with E-state index in [4.69, 9.17) is 5.73 Å². The van der Waals surface area contributed by atoms with Gasteiger partial charge in [-0.3, -0.25) is 9.59 Å². The molecule has 0 unspecified atom stereocenters. The lowest BCUT2D eigenvalue weighted by Crippen LogP contribution is -2.37. The van der Waals surface area contributed by atoms with Gasteiger partial charge in [-0.25, -0.2) is 14.3 Å². The van der Waals surface area contributed by atoms with E-state index in [2.05, 4.69) is 9.72 Å². The van der Waals surface area contributed by atoms with Crippen LogP contribution in [0.3, 0.4) is 0 Å². The number of carbonyl (C=O) groups excluding carboxylic acids is 1. The second kappa shape index (κ2) is 6.35. The van der Waals surface area contributed by atoms with Crippen molar-refractivity contribution < 1.29 is 9.53 Å². The Labute approximate surface area is 125 Å². The molecule has 0 bridgehead atoms. The molecule has 0 aliphatic rings. The summed E-state index contributed by atoms with van der Waals surface area (Å²) in [6.45, 7) is 0. The van der Waals surface area contributed by atoms with Gasteiger partial charge in [0.25, 0.3) is 5.56 Å². The van der Waals surface area contributed by atoms with Gasteiger partial charge in [-0.1, -0.05) is 6.07 Å². The molecule has 0 aliphatic carbocycles. The van der Waals surface area contributed by atoms with Gasteiger partial charge in [0.2, 0.25) is 0 Å². The fourth-order valence-electron chi connectivity index (χ4n) is 1.94. The summed E-state index contributed by atoms with van der Waals surface area (Å²) >= 11 is 0. The van der Waals surface area contributed by atoms with Gasteiger partial charge >= 0.3 is 11.7 Å². The van der Waals surface area contributed by atoms with E-state index in [1.165, 1.54) is 36.2 Å². The van der Waals surface area contributed by atoms with E-state index in [1.54, 1.807) is 13.1 Å². The second-order valence-electron chi connectivity index (χ2n) is 4.74. The molecule has 0 saturated heterocycles. The average Bonchev–Trinajstić information content (AvgIpc) is 2.52. The number of pyridine rings is 1. The number of hydrogen-bond acceptors (Lipinski definition) is 6. The van der Waals surface area contributed by atoms with E-state index >= 15 is 0 Å². The van der Waals surface area contributed by atoms with Crippen molar-refractivity contribution in [3.8, 4) is 5.82 Å². The van der Waals surface area contributed by atoms with Crippen molar-refractivity contribution >= 4 is 5.97 Å². The van der Waals surface area contributed by atoms with E-state index in [9.17, 15) is 14.4 Å². The molecular formula is C14H16N4O4. The maximum Gasteiger partial charge on any atom is 0.336 e. The summed E-state index contributed by atoms with van der Waals surface area (Å²) in [5, 5.41) is 0. The van der Waals surface area contributed by atoms with Crippen LogP contribution in [0, 0.1) is 0 Å². The Morgan fingerprint density at radius 2 is 2.09 bits per heavy atom. The summed E-state index contributed by atoms with van der Waals surface area (Å²) in [5.41, 5.74) is 5.41. The predicted molar refractivity (Wildman–Crippen MR) is 78.8 cm³/mol. The molecule has 0 spiro atoms. The molecule has 0 fully saturated rings. The second-order valence-corrected chi connectivity index (χ2v) is 4.74. The number of ether oxygens (including phenoxy) is 1. The van der Waals surface area contributed by atoms with Crippen molar-refractivity contribution in [2.45, 2.75) is 12.5 Å². The highest BCUT2D eigenvalue weighted by molar-refractivity contribution is 5.75. The molecule has 2 aromatic rings. The van der Waals surface area contributed by atoms with Crippen molar-refractivity contribution in [2.24, 2.45) is 12.8 Å². The number of methoxy groups -OCH3 is 1. The zero-order chi connectivity index (χ0) is 16.3. The lowest BCUT2D eigenvalue weighted by molar-refractivity contribution is -0.142. The van der Waals surface area contributed by atoms with Crippen molar-refractivity contribution in [1.29, 1.82) is 0 Å². The summed E-state index contributed by atoms with van der Waals surface area (Å²) < 4.78 is 6.79. The van der Waals surface area contributed by atoms with Gasteiger partial charge in [-0.15, -0.1) is 0 Å². The van der Waals surface area contributed by atoms with Crippen molar-refractivity contribution in [3.05, 3.63) is 57.0 Å². The van der Waals surface area contributed by atoms with E-state index in [-0.39, 0.29) is 12.2 Å². The van der Waals surface area contributed by atoms with Crippen molar-refractivity contribution in [1.82, 2.24) is 14.1 Å². The highest BCUT2D eigenvalue weighted by Gasteiger charge is 2.15. The van der Waals surface area contributed by atoms with Gasteiger partial charge in [-0.05, 0) is 18.1 Å². The first-order valence-electron chi connectivity index (χ1n) is 6.51. The SMILES string of the molecule is COC(=O)[C@@H](N)Cc1ccc(-n2c(=O)ccn(C)c2=O)nc1. The fourth-order valence-corrected chi connectivity index (χ4v) is 1.94. The van der Waals surface area contributed by atoms with Gasteiger partial charge < -0.3 is 15.0 Å². The third-order valence-corrected chi connectivity index (χ3v) is 3.15. The monoisotopic (exact) mass is 304 g/mol. The Hall–Kier alpha value is -2.74. The van der Waals surface area contributed by atoms with Crippen LogP contribution >= 0.6 is 0 Å². The van der Waals surface area contributed by atoms with Crippen molar-refractivity contribution in [3.63, 3.8) is 0 Å². The maximum absolute atomic E-state index is 12.0. The predicted octanol–water partition coefficient (Wildman–Crippen LogP) is -1.03. The molecule has 0 saturated carbocycles. The largest absolute Gasteiger partial charge is 0.468 e. The summed E-state index contributed by atoms with van der Waals surface area (Å²) in [6.07, 6.45) is 3.11. The van der Waals surface area contributed by atoms with Gasteiger partial charge in [0, 0.05) is 25.5 Å². The summed E-state index contributed by atoms with van der Waals surface area (Å²) in [4.78, 5) is 39.2. The number of aromatic nitrogens is 3. The molecule has 116 valence electrons. The Morgan fingerprint density at radius 1 is 1.36 bits per heavy atom. The Bertz CT molecular complexity index is 792. The minimum Gasteiger partial charge on any atom is -0.468 e. The van der Waals surface area contributed by atoms with Crippen LogP contribution in [0.2, 0.25) is 0 Å². The van der Waals surface area contributed by atoms with E-state index in [0.29, 0.717) is 5.56 Å². The molecule has 0 amide bonds. The third-order valence-electron chi connectivity index (χ3n) is 3.15. The zero-order valence-electron chi connectivity index (χ0n) is 12.2. The molecular weight excluding hydrogens is 288 g/mol. The molecule has 2 aromatic heterocycles. The van der Waals surface area contributed by atoms with Crippen LogP contribution in [-0.4, -0.2) is 33.2 Å². The lowest BCUT2D eigenvalue weighted by atomic mass is 10.1. The van der Waals surface area contributed by atoms with Crippen LogP contribution in [0.15, 0.2) is 40.2 Å². The molecule has 2 heterocycles. The third kappa shape index (κ3) is 3.12. The van der Waals surface area contributed by atoms with E-state index < -0.39 is 23.3 Å². The number of rotatable bonds is 4. The Morgan fingerprint density at radius 3 is 2.68 bits per heavy atom. The van der Waals surface area contributed by atoms with Crippen LogP contribution in [0.25, 0.3) is 5.82 Å². The van der Waals surface area contributed by atoms with Crippen LogP contribution in [0.4, 0.5) is 0 Å². The first-order chi connectivity index (χ1) is 10.4. The standard InChI is InChI=1S/C14H16N4O4/c1-17-6-5-12(19)18(14(17)21)11-4-3-9(8-16-11)7-10(15)13(20)22-2/h3-6,8,10H,7,15H2,1-2H3/t10-/m0/s1. The molecule has 2 rings (SSSR count). The number of carbonyl (C=O) groups is 1. The molecule has 8 nitrogen and oxygen atoms in total. The zero-order valence-corrected chi connectivity index (χ0v) is 12.2. The Kier molecular flexibility index (Phi) is 4.52. The topological polar surface area (TPSA) is 109 Å². The molecule has 1 atom stereocenters. The van der Waals surface area contributed by atoms with Gasteiger partial charge in [-0.2, -0.15) is 0 Å². The highest BCUT2D eigenvalue weighted by atomic mass is 16.5. The number of esters is 1.